The Balaban J connectivity index is 2.14. The summed E-state index contributed by atoms with van der Waals surface area (Å²) in [5.74, 6) is -1.29. The zero-order valence-corrected chi connectivity index (χ0v) is 12.2. The molecule has 0 saturated heterocycles. The van der Waals surface area contributed by atoms with Gasteiger partial charge in [-0.1, -0.05) is 0 Å². The molecule has 0 radical (unpaired) electrons. The molecule has 1 N–H and O–H groups in total. The molecule has 0 saturated carbocycles. The molecule has 0 aliphatic carbocycles. The van der Waals surface area contributed by atoms with E-state index in [1.807, 2.05) is 0 Å². The van der Waals surface area contributed by atoms with E-state index in [4.69, 9.17) is 0 Å². The molecule has 0 aliphatic rings. The molecule has 0 fully saturated rings. The van der Waals surface area contributed by atoms with Gasteiger partial charge in [-0.25, -0.2) is 4.79 Å². The highest BCUT2D eigenvalue weighted by molar-refractivity contribution is 6.07. The highest BCUT2D eigenvalue weighted by atomic mass is 19.3. The van der Waals surface area contributed by atoms with E-state index in [2.05, 4.69) is 19.9 Å². The minimum absolute atomic E-state index is 0.0407. The molecule has 1 heterocycles. The third kappa shape index (κ3) is 4.02. The lowest BCUT2D eigenvalue weighted by molar-refractivity contribution is -0.0498. The van der Waals surface area contributed by atoms with Gasteiger partial charge in [-0.05, 0) is 24.3 Å². The number of nitrogens with one attached hydrogen (secondary N) is 1. The first-order valence-corrected chi connectivity index (χ1v) is 6.39. The van der Waals surface area contributed by atoms with E-state index < -0.39 is 18.5 Å². The smallest absolute Gasteiger partial charge is 0.387 e. The second kappa shape index (κ2) is 6.86. The van der Waals surface area contributed by atoms with Gasteiger partial charge < -0.3 is 14.8 Å². The van der Waals surface area contributed by atoms with Crippen LogP contribution in [0.5, 0.6) is 5.75 Å². The summed E-state index contributed by atoms with van der Waals surface area (Å²) < 4.78 is 34.3. The highest BCUT2D eigenvalue weighted by Crippen LogP contribution is 2.18. The second-order valence-electron chi connectivity index (χ2n) is 4.41. The van der Waals surface area contributed by atoms with Gasteiger partial charge in [0.05, 0.1) is 12.8 Å². The molecule has 0 aliphatic heterocycles. The third-order valence-corrected chi connectivity index (χ3v) is 2.80. The van der Waals surface area contributed by atoms with Gasteiger partial charge >= 0.3 is 12.6 Å². The van der Waals surface area contributed by atoms with Crippen LogP contribution >= 0.6 is 0 Å². The second-order valence-corrected chi connectivity index (χ2v) is 4.41. The number of benzene rings is 1. The van der Waals surface area contributed by atoms with Crippen molar-refractivity contribution in [2.24, 2.45) is 7.05 Å². The summed E-state index contributed by atoms with van der Waals surface area (Å²) in [6.45, 7) is -2.94. The van der Waals surface area contributed by atoms with Gasteiger partial charge in [0, 0.05) is 18.8 Å². The number of rotatable bonds is 5. The van der Waals surface area contributed by atoms with Gasteiger partial charge in [-0.3, -0.25) is 9.48 Å². The van der Waals surface area contributed by atoms with Crippen LogP contribution in [0.1, 0.15) is 20.8 Å². The number of methoxy groups -OCH3 is 1. The Morgan fingerprint density at radius 2 is 1.91 bits per heavy atom. The van der Waals surface area contributed by atoms with Crippen molar-refractivity contribution in [3.8, 4) is 5.75 Å². The van der Waals surface area contributed by atoms with Crippen molar-refractivity contribution in [1.82, 2.24) is 9.78 Å². The van der Waals surface area contributed by atoms with Gasteiger partial charge in [0.25, 0.3) is 5.91 Å². The quantitative estimate of drug-likeness (QED) is 0.851. The topological polar surface area (TPSA) is 82.5 Å². The first kappa shape index (κ1) is 16.4. The van der Waals surface area contributed by atoms with Crippen LogP contribution in [0.2, 0.25) is 0 Å². The van der Waals surface area contributed by atoms with E-state index in [1.165, 1.54) is 42.3 Å². The van der Waals surface area contributed by atoms with Gasteiger partial charge in [-0.2, -0.15) is 13.9 Å². The number of aromatic nitrogens is 2. The number of anilines is 1. The summed E-state index contributed by atoms with van der Waals surface area (Å²) >= 11 is 0. The molecule has 1 aromatic heterocycles. The van der Waals surface area contributed by atoms with E-state index in [0.717, 1.165) is 0 Å². The molecule has 9 heteroatoms. The Hall–Kier alpha value is -2.97. The fourth-order valence-corrected chi connectivity index (χ4v) is 1.81. The normalized spacial score (nSPS) is 10.5. The summed E-state index contributed by atoms with van der Waals surface area (Å²) in [7, 11) is 2.78. The van der Waals surface area contributed by atoms with Crippen LogP contribution in [0.4, 0.5) is 14.5 Å². The lowest BCUT2D eigenvalue weighted by atomic mass is 10.2. The minimum atomic E-state index is -2.94. The molecule has 0 spiro atoms. The maximum Gasteiger partial charge on any atom is 0.387 e. The number of esters is 1. The zero-order chi connectivity index (χ0) is 17.0. The van der Waals surface area contributed by atoms with Crippen molar-refractivity contribution in [2.75, 3.05) is 12.4 Å². The fourth-order valence-electron chi connectivity index (χ4n) is 1.81. The number of halogens is 2. The molecule has 122 valence electrons. The minimum Gasteiger partial charge on any atom is -0.464 e. The zero-order valence-electron chi connectivity index (χ0n) is 12.2. The first-order valence-electron chi connectivity index (χ1n) is 6.39. The van der Waals surface area contributed by atoms with Crippen LogP contribution in [0.15, 0.2) is 30.5 Å². The molecule has 2 aromatic rings. The fraction of sp³-hybridized carbons (Fsp3) is 0.214. The summed E-state index contributed by atoms with van der Waals surface area (Å²) in [6.07, 6.45) is 1.44. The first-order chi connectivity index (χ1) is 10.9. The predicted octanol–water partition coefficient (Wildman–Crippen LogP) is 2.06. The molecule has 0 bridgehead atoms. The Labute approximate surface area is 129 Å². The molecule has 1 amide bonds. The highest BCUT2D eigenvalue weighted by Gasteiger charge is 2.19. The number of amides is 1. The molecule has 23 heavy (non-hydrogen) atoms. The largest absolute Gasteiger partial charge is 0.464 e. The molecule has 0 atom stereocenters. The summed E-state index contributed by atoms with van der Waals surface area (Å²) in [5, 5.41) is 6.41. The van der Waals surface area contributed by atoms with Crippen LogP contribution in [-0.2, 0) is 11.8 Å². The lowest BCUT2D eigenvalue weighted by Crippen LogP contribution is -2.14. The van der Waals surface area contributed by atoms with Crippen molar-refractivity contribution in [2.45, 2.75) is 6.61 Å². The van der Waals surface area contributed by atoms with E-state index >= 15 is 0 Å². The van der Waals surface area contributed by atoms with Crippen LogP contribution in [0.3, 0.4) is 0 Å². The van der Waals surface area contributed by atoms with Gasteiger partial charge in [0.15, 0.2) is 5.69 Å². The number of nitrogens with zero attached hydrogens (tertiary/aromatic N) is 2. The number of aryl methyl sites for hydroxylation is 1. The number of hydrogen-bond acceptors (Lipinski definition) is 5. The van der Waals surface area contributed by atoms with E-state index in [9.17, 15) is 18.4 Å². The Morgan fingerprint density at radius 3 is 2.48 bits per heavy atom. The maximum absolute atomic E-state index is 12.1. The van der Waals surface area contributed by atoms with Gasteiger partial charge in [0.1, 0.15) is 5.75 Å². The average molecular weight is 325 g/mol. The Morgan fingerprint density at radius 1 is 1.26 bits per heavy atom. The summed E-state index contributed by atoms with van der Waals surface area (Å²) in [6, 6.07) is 5.12. The predicted molar refractivity (Wildman–Crippen MR) is 75.6 cm³/mol. The van der Waals surface area contributed by atoms with Crippen LogP contribution in [-0.4, -0.2) is 35.4 Å². The molecule has 0 unspecified atom stereocenters. The van der Waals surface area contributed by atoms with Gasteiger partial charge in [-0.15, -0.1) is 0 Å². The van der Waals surface area contributed by atoms with E-state index in [1.54, 1.807) is 7.05 Å². The molecule has 1 aromatic carbocycles. The third-order valence-electron chi connectivity index (χ3n) is 2.80. The standard InChI is InChI=1S/C14H13F2N3O4/c1-19-7-10(11(18-19)13(21)22-2)17-12(20)8-3-5-9(6-4-8)23-14(15)16/h3-7,14H,1-2H3,(H,17,20). The van der Waals surface area contributed by atoms with Crippen molar-refractivity contribution in [3.63, 3.8) is 0 Å². The number of carbonyl (C=O) groups is 2. The van der Waals surface area contributed by atoms with Crippen LogP contribution in [0, 0.1) is 0 Å². The number of ether oxygens (including phenoxy) is 2. The van der Waals surface area contributed by atoms with Crippen LogP contribution in [0.25, 0.3) is 0 Å². The van der Waals surface area contributed by atoms with Gasteiger partial charge in [0.2, 0.25) is 0 Å². The summed E-state index contributed by atoms with van der Waals surface area (Å²) in [4.78, 5) is 23.7. The van der Waals surface area contributed by atoms with E-state index in [-0.39, 0.29) is 22.7 Å². The van der Waals surface area contributed by atoms with E-state index in [0.29, 0.717) is 0 Å². The molecule has 7 nitrogen and oxygen atoms in total. The molecular formula is C14H13F2N3O4. The Kier molecular flexibility index (Phi) is 4.89. The molecular weight excluding hydrogens is 312 g/mol. The van der Waals surface area contributed by atoms with Crippen LogP contribution < -0.4 is 10.1 Å². The maximum atomic E-state index is 12.1. The Bertz CT molecular complexity index is 713. The summed E-state index contributed by atoms with van der Waals surface area (Å²) in [5.41, 5.74) is 0.338. The van der Waals surface area contributed by atoms with Crippen molar-refractivity contribution in [1.29, 1.82) is 0 Å². The number of hydrogen-bond donors (Lipinski definition) is 1. The number of carbonyl (C=O) groups excluding carboxylic acids is 2. The van der Waals surface area contributed by atoms with Crippen molar-refractivity contribution in [3.05, 3.63) is 41.7 Å². The number of alkyl halides is 2. The monoisotopic (exact) mass is 325 g/mol. The average Bonchev–Trinajstić information content (AvgIpc) is 2.87. The SMILES string of the molecule is COC(=O)c1nn(C)cc1NC(=O)c1ccc(OC(F)F)cc1. The molecule has 2 rings (SSSR count). The van der Waals surface area contributed by atoms with Crippen molar-refractivity contribution >= 4 is 17.6 Å². The van der Waals surface area contributed by atoms with Crippen molar-refractivity contribution < 1.29 is 27.8 Å². The lowest BCUT2D eigenvalue weighted by Gasteiger charge is -2.06.